The Morgan fingerprint density at radius 3 is 2.90 bits per heavy atom. The molecule has 2 atom stereocenters. The minimum Gasteiger partial charge on any atom is -0.368 e. The fourth-order valence-electron chi connectivity index (χ4n) is 2.66. The van der Waals surface area contributed by atoms with Crippen LogP contribution in [0.5, 0.6) is 0 Å². The smallest absolute Gasteiger partial charge is 0.239 e. The molecule has 1 aromatic heterocycles. The van der Waals surface area contributed by atoms with E-state index in [1.165, 1.54) is 23.9 Å². The van der Waals surface area contributed by atoms with Gasteiger partial charge in [0, 0.05) is 18.3 Å². The van der Waals surface area contributed by atoms with Gasteiger partial charge in [0.05, 0.1) is 6.54 Å². The number of rotatable bonds is 6. The van der Waals surface area contributed by atoms with Crippen LogP contribution >= 0.6 is 0 Å². The maximum absolute atomic E-state index is 11.9. The van der Waals surface area contributed by atoms with Crippen LogP contribution in [-0.4, -0.2) is 34.2 Å². The average Bonchev–Trinajstić information content (AvgIpc) is 2.86. The highest BCUT2D eigenvalue weighted by Crippen LogP contribution is 2.23. The molecule has 7 heteroatoms. The molecule has 1 aliphatic rings. The normalized spacial score (nSPS) is 21.8. The summed E-state index contributed by atoms with van der Waals surface area (Å²) >= 11 is 0. The molecular formula is C14H23N5O2. The van der Waals surface area contributed by atoms with Crippen molar-refractivity contribution in [2.24, 2.45) is 11.7 Å². The molecule has 1 heterocycles. The van der Waals surface area contributed by atoms with Gasteiger partial charge in [0.2, 0.25) is 11.8 Å². The number of carbonyl (C=O) groups is 2. The molecule has 1 saturated carbocycles. The molecule has 0 bridgehead atoms. The van der Waals surface area contributed by atoms with Crippen LogP contribution in [-0.2, 0) is 16.1 Å². The fraction of sp³-hybridized carbons (Fsp3) is 0.643. The van der Waals surface area contributed by atoms with Crippen molar-refractivity contribution in [1.82, 2.24) is 15.1 Å². The van der Waals surface area contributed by atoms with Crippen LogP contribution in [0.4, 0.5) is 5.82 Å². The predicted molar refractivity (Wildman–Crippen MR) is 79.5 cm³/mol. The largest absolute Gasteiger partial charge is 0.368 e. The van der Waals surface area contributed by atoms with Crippen LogP contribution in [0.15, 0.2) is 12.3 Å². The number of hydrogen-bond acceptors (Lipinski definition) is 4. The highest BCUT2D eigenvalue weighted by Gasteiger charge is 2.22. The first-order valence-corrected chi connectivity index (χ1v) is 7.39. The fourth-order valence-corrected chi connectivity index (χ4v) is 2.66. The number of nitrogens with two attached hydrogens (primary N) is 1. The van der Waals surface area contributed by atoms with Gasteiger partial charge < -0.3 is 16.4 Å². The molecular weight excluding hydrogens is 270 g/mol. The summed E-state index contributed by atoms with van der Waals surface area (Å²) in [4.78, 5) is 22.7. The average molecular weight is 293 g/mol. The highest BCUT2D eigenvalue weighted by atomic mass is 16.2. The van der Waals surface area contributed by atoms with Crippen molar-refractivity contribution in [2.45, 2.75) is 45.2 Å². The van der Waals surface area contributed by atoms with Gasteiger partial charge in [-0.05, 0) is 18.8 Å². The molecule has 0 aromatic carbocycles. The molecule has 1 aliphatic carbocycles. The SMILES string of the molecule is CC1CCCCC1NC(=O)CNc1ccn(CC(N)=O)n1. The third-order valence-electron chi connectivity index (χ3n) is 3.85. The lowest BCUT2D eigenvalue weighted by Gasteiger charge is -2.29. The molecule has 1 aromatic rings. The first-order chi connectivity index (χ1) is 10.0. The zero-order valence-electron chi connectivity index (χ0n) is 12.3. The number of hydrogen-bond donors (Lipinski definition) is 3. The molecule has 1 fully saturated rings. The van der Waals surface area contributed by atoms with Gasteiger partial charge in [-0.1, -0.05) is 19.8 Å². The van der Waals surface area contributed by atoms with Crippen LogP contribution in [0.2, 0.25) is 0 Å². The summed E-state index contributed by atoms with van der Waals surface area (Å²) in [5.41, 5.74) is 5.09. The Morgan fingerprint density at radius 2 is 2.19 bits per heavy atom. The molecule has 4 N–H and O–H groups in total. The second-order valence-electron chi connectivity index (χ2n) is 5.65. The Morgan fingerprint density at radius 1 is 1.43 bits per heavy atom. The van der Waals surface area contributed by atoms with Crippen molar-refractivity contribution in [3.8, 4) is 0 Å². The van der Waals surface area contributed by atoms with Gasteiger partial charge in [0.1, 0.15) is 12.4 Å². The minimum atomic E-state index is -0.450. The Balaban J connectivity index is 1.75. The second kappa shape index (κ2) is 7.10. The van der Waals surface area contributed by atoms with Gasteiger partial charge in [-0.3, -0.25) is 14.3 Å². The molecule has 21 heavy (non-hydrogen) atoms. The van der Waals surface area contributed by atoms with Gasteiger partial charge in [-0.25, -0.2) is 0 Å². The third kappa shape index (κ3) is 4.77. The van der Waals surface area contributed by atoms with E-state index in [9.17, 15) is 9.59 Å². The Bertz CT molecular complexity index is 499. The van der Waals surface area contributed by atoms with Crippen molar-refractivity contribution < 1.29 is 9.59 Å². The summed E-state index contributed by atoms with van der Waals surface area (Å²) in [6.07, 6.45) is 6.31. The topological polar surface area (TPSA) is 102 Å². The highest BCUT2D eigenvalue weighted by molar-refractivity contribution is 5.80. The van der Waals surface area contributed by atoms with E-state index in [4.69, 9.17) is 5.73 Å². The molecule has 116 valence electrons. The van der Waals surface area contributed by atoms with Crippen molar-refractivity contribution in [2.75, 3.05) is 11.9 Å². The van der Waals surface area contributed by atoms with Crippen molar-refractivity contribution in [3.63, 3.8) is 0 Å². The van der Waals surface area contributed by atoms with Crippen LogP contribution in [0, 0.1) is 5.92 Å². The lowest BCUT2D eigenvalue weighted by Crippen LogP contribution is -2.43. The number of nitrogens with zero attached hydrogens (tertiary/aromatic N) is 2. The number of amides is 2. The van der Waals surface area contributed by atoms with Crippen LogP contribution in [0.25, 0.3) is 0 Å². The van der Waals surface area contributed by atoms with Crippen molar-refractivity contribution in [1.29, 1.82) is 0 Å². The van der Waals surface area contributed by atoms with Gasteiger partial charge in [-0.2, -0.15) is 5.10 Å². The Labute approximate surface area is 124 Å². The maximum atomic E-state index is 11.9. The first-order valence-electron chi connectivity index (χ1n) is 7.39. The van der Waals surface area contributed by atoms with Gasteiger partial charge in [0.15, 0.2) is 0 Å². The standard InChI is InChI=1S/C14H23N5O2/c1-10-4-2-3-5-11(10)17-14(21)8-16-13-6-7-19(18-13)9-12(15)20/h6-7,10-11H,2-5,8-9H2,1H3,(H2,15,20)(H,16,18)(H,17,21). The summed E-state index contributed by atoms with van der Waals surface area (Å²) in [5.74, 6) is 0.618. The van der Waals surface area contributed by atoms with Crippen molar-refractivity contribution >= 4 is 17.6 Å². The van der Waals surface area contributed by atoms with E-state index in [-0.39, 0.29) is 25.0 Å². The summed E-state index contributed by atoms with van der Waals surface area (Å²) in [7, 11) is 0. The quantitative estimate of drug-likeness (QED) is 0.709. The molecule has 7 nitrogen and oxygen atoms in total. The predicted octanol–water partition coefficient (Wildman–Crippen LogP) is 0.475. The summed E-state index contributed by atoms with van der Waals surface area (Å²) in [6, 6.07) is 1.99. The minimum absolute atomic E-state index is 0.0294. The number of aromatic nitrogens is 2. The third-order valence-corrected chi connectivity index (χ3v) is 3.85. The molecule has 0 spiro atoms. The van der Waals surface area contributed by atoms with Gasteiger partial charge in [-0.15, -0.1) is 0 Å². The monoisotopic (exact) mass is 293 g/mol. The zero-order valence-corrected chi connectivity index (χ0v) is 12.3. The maximum Gasteiger partial charge on any atom is 0.239 e. The summed E-state index contributed by atoms with van der Waals surface area (Å²) in [5, 5.41) is 10.1. The van der Waals surface area contributed by atoms with Crippen LogP contribution < -0.4 is 16.4 Å². The Kier molecular flexibility index (Phi) is 5.19. The van der Waals surface area contributed by atoms with Crippen molar-refractivity contribution in [3.05, 3.63) is 12.3 Å². The van der Waals surface area contributed by atoms with Gasteiger partial charge >= 0.3 is 0 Å². The number of carbonyl (C=O) groups excluding carboxylic acids is 2. The van der Waals surface area contributed by atoms with E-state index in [1.54, 1.807) is 12.3 Å². The second-order valence-corrected chi connectivity index (χ2v) is 5.65. The molecule has 2 unspecified atom stereocenters. The van der Waals surface area contributed by atoms with E-state index < -0.39 is 5.91 Å². The summed E-state index contributed by atoms with van der Waals surface area (Å²) in [6.45, 7) is 2.40. The number of nitrogens with one attached hydrogen (secondary N) is 2. The molecule has 2 rings (SSSR count). The molecule has 0 radical (unpaired) electrons. The van der Waals surface area contributed by atoms with Crippen LogP contribution in [0.1, 0.15) is 32.6 Å². The number of anilines is 1. The molecule has 0 saturated heterocycles. The van der Waals surface area contributed by atoms with E-state index in [2.05, 4.69) is 22.7 Å². The summed E-state index contributed by atoms with van der Waals surface area (Å²) < 4.78 is 1.44. The zero-order chi connectivity index (χ0) is 15.2. The lowest BCUT2D eigenvalue weighted by molar-refractivity contribution is -0.121. The Hall–Kier alpha value is -2.05. The van der Waals surface area contributed by atoms with Gasteiger partial charge in [0.25, 0.3) is 0 Å². The van der Waals surface area contributed by atoms with E-state index in [0.717, 1.165) is 6.42 Å². The lowest BCUT2D eigenvalue weighted by atomic mass is 9.86. The van der Waals surface area contributed by atoms with E-state index >= 15 is 0 Å². The molecule has 0 aliphatic heterocycles. The first kappa shape index (κ1) is 15.3. The molecule has 2 amide bonds. The van der Waals surface area contributed by atoms with E-state index in [1.807, 2.05) is 0 Å². The van der Waals surface area contributed by atoms with Crippen LogP contribution in [0.3, 0.4) is 0 Å². The van der Waals surface area contributed by atoms with E-state index in [0.29, 0.717) is 11.7 Å². The number of primary amides is 1.